The monoisotopic (exact) mass is 319 g/mol. The van der Waals surface area contributed by atoms with Crippen molar-refractivity contribution in [1.82, 2.24) is 24.5 Å². The van der Waals surface area contributed by atoms with Gasteiger partial charge in [0.25, 0.3) is 5.91 Å². The van der Waals surface area contributed by atoms with Crippen LogP contribution in [0.25, 0.3) is 5.65 Å². The van der Waals surface area contributed by atoms with Gasteiger partial charge in [0, 0.05) is 48.2 Å². The minimum Gasteiger partial charge on any atom is -0.328 e. The molecule has 5 heterocycles. The van der Waals surface area contributed by atoms with Crippen molar-refractivity contribution in [3.63, 3.8) is 0 Å². The highest BCUT2D eigenvalue weighted by atomic mass is 16.2. The number of hydrogen-bond donors (Lipinski definition) is 0. The van der Waals surface area contributed by atoms with Crippen LogP contribution in [0, 0.1) is 6.92 Å². The molecule has 2 aliphatic rings. The van der Waals surface area contributed by atoms with Crippen LogP contribution in [0.4, 0.5) is 0 Å². The number of aryl methyl sites for hydroxylation is 1. The zero-order chi connectivity index (χ0) is 16.3. The van der Waals surface area contributed by atoms with Crippen molar-refractivity contribution in [3.05, 3.63) is 59.3 Å². The predicted molar refractivity (Wildman–Crippen MR) is 87.6 cm³/mol. The summed E-state index contributed by atoms with van der Waals surface area (Å²) >= 11 is 0. The van der Waals surface area contributed by atoms with E-state index < -0.39 is 0 Å². The van der Waals surface area contributed by atoms with Crippen molar-refractivity contribution in [3.8, 4) is 0 Å². The third kappa shape index (κ3) is 1.82. The number of aromatic nitrogens is 4. The largest absolute Gasteiger partial charge is 0.328 e. The molecule has 24 heavy (non-hydrogen) atoms. The van der Waals surface area contributed by atoms with Crippen LogP contribution in [0.3, 0.4) is 0 Å². The number of amides is 1. The molecule has 0 aliphatic carbocycles. The minimum atomic E-state index is 0.0901. The maximum absolute atomic E-state index is 13.0. The fraction of sp³-hybridized carbons (Fsp3) is 0.333. The summed E-state index contributed by atoms with van der Waals surface area (Å²) in [6, 6.07) is 5.90. The molecule has 6 heteroatoms. The number of hydrogen-bond acceptors (Lipinski definition) is 4. The first-order chi connectivity index (χ1) is 11.7. The maximum Gasteiger partial charge on any atom is 0.254 e. The molecule has 120 valence electrons. The normalized spacial score (nSPS) is 22.0. The predicted octanol–water partition coefficient (Wildman–Crippen LogP) is 2.33. The molecule has 1 fully saturated rings. The Labute approximate surface area is 139 Å². The summed E-state index contributed by atoms with van der Waals surface area (Å²) < 4.78 is 1.96. The maximum atomic E-state index is 13.0. The standard InChI is InChI=1S/C18H17N5O/c1-11-8-17-20-10-14-15-3-2-13(9-16(14)23(17)21-11)22(15)18(24)12-4-6-19-7-5-12/h4-8,10,13,15H,2-3,9H2,1H3/t13-,15+/m1/s1. The van der Waals surface area contributed by atoms with E-state index >= 15 is 0 Å². The number of rotatable bonds is 1. The second-order valence-corrected chi connectivity index (χ2v) is 6.62. The Morgan fingerprint density at radius 3 is 2.92 bits per heavy atom. The van der Waals surface area contributed by atoms with Crippen molar-refractivity contribution in [2.45, 2.75) is 38.3 Å². The van der Waals surface area contributed by atoms with Crippen LogP contribution in [0.2, 0.25) is 0 Å². The van der Waals surface area contributed by atoms with Gasteiger partial charge in [0.1, 0.15) is 0 Å². The Kier molecular flexibility index (Phi) is 2.77. The van der Waals surface area contributed by atoms with Crippen molar-refractivity contribution < 1.29 is 4.79 Å². The molecule has 2 atom stereocenters. The SMILES string of the molecule is Cc1cc2ncc3c(n2n1)C[C@H]1CC[C@@H]3N1C(=O)c1ccncc1. The summed E-state index contributed by atoms with van der Waals surface area (Å²) in [4.78, 5) is 23.6. The van der Waals surface area contributed by atoms with Crippen molar-refractivity contribution in [2.24, 2.45) is 0 Å². The minimum absolute atomic E-state index is 0.0901. The second-order valence-electron chi connectivity index (χ2n) is 6.62. The topological polar surface area (TPSA) is 63.4 Å². The molecule has 3 aromatic heterocycles. The summed E-state index contributed by atoms with van der Waals surface area (Å²) in [6.07, 6.45) is 8.13. The Morgan fingerprint density at radius 1 is 1.25 bits per heavy atom. The van der Waals surface area contributed by atoms with E-state index in [4.69, 9.17) is 0 Å². The van der Waals surface area contributed by atoms with Crippen LogP contribution in [-0.2, 0) is 6.42 Å². The molecule has 3 aromatic rings. The van der Waals surface area contributed by atoms with Gasteiger partial charge in [0.2, 0.25) is 0 Å². The van der Waals surface area contributed by atoms with Gasteiger partial charge in [-0.3, -0.25) is 9.78 Å². The Hall–Kier alpha value is -2.76. The van der Waals surface area contributed by atoms with E-state index in [9.17, 15) is 4.79 Å². The van der Waals surface area contributed by atoms with Crippen LogP contribution >= 0.6 is 0 Å². The van der Waals surface area contributed by atoms with E-state index in [0.29, 0.717) is 5.56 Å². The number of fused-ring (bicyclic) bond motifs is 6. The Balaban J connectivity index is 1.61. The molecule has 0 radical (unpaired) electrons. The van der Waals surface area contributed by atoms with Gasteiger partial charge in [0.05, 0.1) is 17.4 Å². The van der Waals surface area contributed by atoms with Crippen molar-refractivity contribution >= 4 is 11.6 Å². The van der Waals surface area contributed by atoms with E-state index in [0.717, 1.165) is 36.2 Å². The molecule has 0 unspecified atom stereocenters. The van der Waals surface area contributed by atoms with Crippen LogP contribution < -0.4 is 0 Å². The number of nitrogens with zero attached hydrogens (tertiary/aromatic N) is 5. The molecule has 2 bridgehead atoms. The van der Waals surface area contributed by atoms with Gasteiger partial charge in [0.15, 0.2) is 5.65 Å². The third-order valence-electron chi connectivity index (χ3n) is 5.19. The van der Waals surface area contributed by atoms with Crippen molar-refractivity contribution in [2.75, 3.05) is 0 Å². The van der Waals surface area contributed by atoms with Crippen LogP contribution in [-0.4, -0.2) is 36.4 Å². The first-order valence-corrected chi connectivity index (χ1v) is 8.29. The smallest absolute Gasteiger partial charge is 0.254 e. The molecule has 0 N–H and O–H groups in total. The molecular formula is C18H17N5O. The Morgan fingerprint density at radius 2 is 2.08 bits per heavy atom. The number of carbonyl (C=O) groups is 1. The van der Waals surface area contributed by atoms with Gasteiger partial charge in [-0.2, -0.15) is 5.10 Å². The number of carbonyl (C=O) groups excluding carboxylic acids is 1. The van der Waals surface area contributed by atoms with E-state index in [1.807, 2.05) is 28.6 Å². The van der Waals surface area contributed by atoms with Gasteiger partial charge >= 0.3 is 0 Å². The molecule has 0 saturated carbocycles. The van der Waals surface area contributed by atoms with Crippen molar-refractivity contribution in [1.29, 1.82) is 0 Å². The van der Waals surface area contributed by atoms with E-state index in [2.05, 4.69) is 15.1 Å². The van der Waals surface area contributed by atoms with Gasteiger partial charge in [-0.05, 0) is 31.9 Å². The van der Waals surface area contributed by atoms with E-state index in [-0.39, 0.29) is 18.0 Å². The quantitative estimate of drug-likeness (QED) is 0.690. The molecule has 5 rings (SSSR count). The summed E-state index contributed by atoms with van der Waals surface area (Å²) in [5.74, 6) is 0.0901. The third-order valence-corrected chi connectivity index (χ3v) is 5.19. The lowest BCUT2D eigenvalue weighted by atomic mass is 9.98. The van der Waals surface area contributed by atoms with Gasteiger partial charge < -0.3 is 4.90 Å². The van der Waals surface area contributed by atoms with E-state index in [1.165, 1.54) is 5.69 Å². The van der Waals surface area contributed by atoms with Gasteiger partial charge in [-0.25, -0.2) is 9.50 Å². The first kappa shape index (κ1) is 13.7. The molecule has 0 aromatic carbocycles. The highest BCUT2D eigenvalue weighted by molar-refractivity contribution is 5.95. The molecular weight excluding hydrogens is 302 g/mol. The lowest BCUT2D eigenvalue weighted by Crippen LogP contribution is -2.42. The highest BCUT2D eigenvalue weighted by Crippen LogP contribution is 2.44. The molecule has 0 spiro atoms. The lowest BCUT2D eigenvalue weighted by molar-refractivity contribution is 0.0642. The summed E-state index contributed by atoms with van der Waals surface area (Å²) in [5, 5.41) is 4.59. The Bertz CT molecular complexity index is 949. The zero-order valence-electron chi connectivity index (χ0n) is 13.4. The first-order valence-electron chi connectivity index (χ1n) is 8.29. The zero-order valence-corrected chi connectivity index (χ0v) is 13.4. The number of pyridine rings is 1. The highest BCUT2D eigenvalue weighted by Gasteiger charge is 2.44. The molecule has 1 saturated heterocycles. The lowest BCUT2D eigenvalue weighted by Gasteiger charge is -2.36. The fourth-order valence-corrected chi connectivity index (χ4v) is 4.15. The average Bonchev–Trinajstić information content (AvgIpc) is 3.14. The fourth-order valence-electron chi connectivity index (χ4n) is 4.15. The second kappa shape index (κ2) is 4.87. The van der Waals surface area contributed by atoms with E-state index in [1.54, 1.807) is 24.5 Å². The van der Waals surface area contributed by atoms with Gasteiger partial charge in [-0.15, -0.1) is 0 Å². The van der Waals surface area contributed by atoms with Crippen LogP contribution in [0.5, 0.6) is 0 Å². The van der Waals surface area contributed by atoms with Crippen LogP contribution in [0.15, 0.2) is 36.8 Å². The molecule has 1 amide bonds. The molecule has 2 aliphatic heterocycles. The summed E-state index contributed by atoms with van der Waals surface area (Å²) in [7, 11) is 0. The van der Waals surface area contributed by atoms with Crippen LogP contribution in [0.1, 0.15) is 46.2 Å². The average molecular weight is 319 g/mol. The summed E-state index contributed by atoms with van der Waals surface area (Å²) in [6.45, 7) is 1.98. The summed E-state index contributed by atoms with van der Waals surface area (Å²) in [5.41, 5.74) is 4.91. The van der Waals surface area contributed by atoms with Gasteiger partial charge in [-0.1, -0.05) is 0 Å². The molecule has 6 nitrogen and oxygen atoms in total.